The summed E-state index contributed by atoms with van der Waals surface area (Å²) in [6, 6.07) is 19.3. The lowest BCUT2D eigenvalue weighted by Gasteiger charge is -2.24. The van der Waals surface area contributed by atoms with Gasteiger partial charge in [0.1, 0.15) is 5.76 Å². The minimum atomic E-state index is -0.910. The summed E-state index contributed by atoms with van der Waals surface area (Å²) < 4.78 is 5.94. The summed E-state index contributed by atoms with van der Waals surface area (Å²) in [5, 5.41) is 0. The fourth-order valence-electron chi connectivity index (χ4n) is 2.26. The SMILES string of the molecule is CC1(c2ccccc2)OC(c2ccccc2)=CC1=O. The zero-order chi connectivity index (χ0) is 13.3. The molecule has 0 saturated carbocycles. The fourth-order valence-corrected chi connectivity index (χ4v) is 2.26. The average molecular weight is 250 g/mol. The first-order valence-electron chi connectivity index (χ1n) is 6.26. The Hall–Kier alpha value is -2.35. The molecule has 0 amide bonds. The average Bonchev–Trinajstić information content (AvgIpc) is 2.78. The Morgan fingerprint density at radius 3 is 2.11 bits per heavy atom. The van der Waals surface area contributed by atoms with Crippen LogP contribution in [0, 0.1) is 0 Å². The van der Waals surface area contributed by atoms with Gasteiger partial charge in [-0.25, -0.2) is 0 Å². The molecule has 94 valence electrons. The van der Waals surface area contributed by atoms with E-state index in [1.54, 1.807) is 6.08 Å². The van der Waals surface area contributed by atoms with Crippen molar-refractivity contribution in [1.29, 1.82) is 0 Å². The van der Waals surface area contributed by atoms with E-state index in [1.807, 2.05) is 67.6 Å². The van der Waals surface area contributed by atoms with E-state index in [2.05, 4.69) is 0 Å². The van der Waals surface area contributed by atoms with Crippen molar-refractivity contribution in [3.8, 4) is 0 Å². The molecule has 0 N–H and O–H groups in total. The predicted molar refractivity (Wildman–Crippen MR) is 74.3 cm³/mol. The van der Waals surface area contributed by atoms with E-state index in [4.69, 9.17) is 4.74 Å². The van der Waals surface area contributed by atoms with Gasteiger partial charge in [-0.2, -0.15) is 0 Å². The summed E-state index contributed by atoms with van der Waals surface area (Å²) in [6.07, 6.45) is 1.59. The lowest BCUT2D eigenvalue weighted by atomic mass is 9.92. The van der Waals surface area contributed by atoms with Crippen molar-refractivity contribution < 1.29 is 9.53 Å². The van der Waals surface area contributed by atoms with E-state index in [0.29, 0.717) is 5.76 Å². The predicted octanol–water partition coefficient (Wildman–Crippen LogP) is 3.54. The van der Waals surface area contributed by atoms with Gasteiger partial charge < -0.3 is 4.74 Å². The Bertz CT molecular complexity index is 629. The number of hydrogen-bond acceptors (Lipinski definition) is 2. The highest BCUT2D eigenvalue weighted by Gasteiger charge is 2.41. The molecular formula is C17H14O2. The Labute approximate surface area is 112 Å². The first-order chi connectivity index (χ1) is 9.20. The molecule has 1 aliphatic heterocycles. The van der Waals surface area contributed by atoms with E-state index in [9.17, 15) is 4.79 Å². The molecule has 0 bridgehead atoms. The van der Waals surface area contributed by atoms with E-state index in [0.717, 1.165) is 11.1 Å². The zero-order valence-corrected chi connectivity index (χ0v) is 10.7. The Morgan fingerprint density at radius 2 is 1.47 bits per heavy atom. The molecule has 0 aromatic heterocycles. The molecular weight excluding hydrogens is 236 g/mol. The van der Waals surface area contributed by atoms with Gasteiger partial charge in [0.2, 0.25) is 5.78 Å². The van der Waals surface area contributed by atoms with Gasteiger partial charge >= 0.3 is 0 Å². The molecule has 0 saturated heterocycles. The minimum absolute atomic E-state index is 0.0162. The van der Waals surface area contributed by atoms with Crippen LogP contribution < -0.4 is 0 Å². The van der Waals surface area contributed by atoms with Gasteiger partial charge in [0.25, 0.3) is 0 Å². The summed E-state index contributed by atoms with van der Waals surface area (Å²) >= 11 is 0. The minimum Gasteiger partial charge on any atom is -0.474 e. The molecule has 19 heavy (non-hydrogen) atoms. The number of hydrogen-bond donors (Lipinski definition) is 0. The smallest absolute Gasteiger partial charge is 0.207 e. The molecule has 1 atom stereocenters. The van der Waals surface area contributed by atoms with Crippen LogP contribution in [-0.2, 0) is 15.1 Å². The van der Waals surface area contributed by atoms with E-state index in [-0.39, 0.29) is 5.78 Å². The number of carbonyl (C=O) groups excluding carboxylic acids is 1. The summed E-state index contributed by atoms with van der Waals surface area (Å²) in [5.41, 5.74) is 0.893. The molecule has 3 rings (SSSR count). The summed E-state index contributed by atoms with van der Waals surface area (Å²) in [5.74, 6) is 0.620. The third-order valence-corrected chi connectivity index (χ3v) is 3.43. The van der Waals surface area contributed by atoms with Crippen LogP contribution in [0.25, 0.3) is 5.76 Å². The van der Waals surface area contributed by atoms with E-state index >= 15 is 0 Å². The van der Waals surface area contributed by atoms with Crippen LogP contribution in [0.1, 0.15) is 18.1 Å². The van der Waals surface area contributed by atoms with Crippen molar-refractivity contribution in [1.82, 2.24) is 0 Å². The van der Waals surface area contributed by atoms with Crippen molar-refractivity contribution in [3.05, 3.63) is 77.9 Å². The molecule has 1 heterocycles. The third kappa shape index (κ3) is 1.95. The molecule has 1 unspecified atom stereocenters. The van der Waals surface area contributed by atoms with Crippen LogP contribution in [0.4, 0.5) is 0 Å². The van der Waals surface area contributed by atoms with Crippen molar-refractivity contribution in [3.63, 3.8) is 0 Å². The van der Waals surface area contributed by atoms with Crippen LogP contribution in [0.3, 0.4) is 0 Å². The van der Waals surface area contributed by atoms with Crippen molar-refractivity contribution in [2.24, 2.45) is 0 Å². The summed E-state index contributed by atoms with van der Waals surface area (Å²) in [7, 11) is 0. The van der Waals surface area contributed by atoms with Gasteiger partial charge in [-0.1, -0.05) is 60.7 Å². The topological polar surface area (TPSA) is 26.3 Å². The van der Waals surface area contributed by atoms with Gasteiger partial charge in [-0.05, 0) is 6.92 Å². The van der Waals surface area contributed by atoms with Crippen LogP contribution in [0.15, 0.2) is 66.7 Å². The second-order valence-corrected chi connectivity index (χ2v) is 4.74. The zero-order valence-electron chi connectivity index (χ0n) is 10.7. The number of benzene rings is 2. The van der Waals surface area contributed by atoms with Crippen molar-refractivity contribution >= 4 is 11.5 Å². The van der Waals surface area contributed by atoms with Crippen LogP contribution in [0.2, 0.25) is 0 Å². The highest BCUT2D eigenvalue weighted by molar-refractivity contribution is 6.05. The molecule has 0 aliphatic carbocycles. The molecule has 0 fully saturated rings. The number of rotatable bonds is 2. The summed E-state index contributed by atoms with van der Waals surface area (Å²) in [4.78, 5) is 12.3. The maximum Gasteiger partial charge on any atom is 0.207 e. The molecule has 0 spiro atoms. The monoisotopic (exact) mass is 250 g/mol. The highest BCUT2D eigenvalue weighted by atomic mass is 16.5. The maximum absolute atomic E-state index is 12.3. The molecule has 2 heteroatoms. The molecule has 1 aliphatic rings. The van der Waals surface area contributed by atoms with E-state index in [1.165, 1.54) is 0 Å². The largest absolute Gasteiger partial charge is 0.474 e. The second kappa shape index (κ2) is 4.39. The Morgan fingerprint density at radius 1 is 0.895 bits per heavy atom. The van der Waals surface area contributed by atoms with Crippen molar-refractivity contribution in [2.75, 3.05) is 0 Å². The van der Waals surface area contributed by atoms with Gasteiger partial charge in [0.05, 0.1) is 0 Å². The van der Waals surface area contributed by atoms with Crippen molar-refractivity contribution in [2.45, 2.75) is 12.5 Å². The molecule has 2 aromatic rings. The van der Waals surface area contributed by atoms with Gasteiger partial charge in [-0.3, -0.25) is 4.79 Å². The van der Waals surface area contributed by atoms with Crippen LogP contribution >= 0.6 is 0 Å². The second-order valence-electron chi connectivity index (χ2n) is 4.74. The third-order valence-electron chi connectivity index (χ3n) is 3.43. The number of carbonyl (C=O) groups is 1. The molecule has 2 nitrogen and oxygen atoms in total. The number of ketones is 1. The lowest BCUT2D eigenvalue weighted by Crippen LogP contribution is -2.29. The van der Waals surface area contributed by atoms with E-state index < -0.39 is 5.60 Å². The number of ether oxygens (including phenoxy) is 1. The Kier molecular flexibility index (Phi) is 2.71. The fraction of sp³-hybridized carbons (Fsp3) is 0.118. The van der Waals surface area contributed by atoms with Gasteiger partial charge in [-0.15, -0.1) is 0 Å². The van der Waals surface area contributed by atoms with Gasteiger partial charge in [0.15, 0.2) is 5.60 Å². The highest BCUT2D eigenvalue weighted by Crippen LogP contribution is 2.38. The quantitative estimate of drug-likeness (QED) is 0.814. The Balaban J connectivity index is 1.96. The molecule has 0 radical (unpaired) electrons. The summed E-state index contributed by atoms with van der Waals surface area (Å²) in [6.45, 7) is 1.82. The van der Waals surface area contributed by atoms with Gasteiger partial charge in [0, 0.05) is 17.2 Å². The maximum atomic E-state index is 12.3. The lowest BCUT2D eigenvalue weighted by molar-refractivity contribution is -0.127. The van der Waals surface area contributed by atoms with Crippen LogP contribution in [-0.4, -0.2) is 5.78 Å². The normalized spacial score (nSPS) is 21.9. The first-order valence-corrected chi connectivity index (χ1v) is 6.26. The standard InChI is InChI=1S/C17H14O2/c1-17(14-10-6-3-7-11-14)16(18)12-15(19-17)13-8-4-2-5-9-13/h2-12H,1H3. The molecule has 2 aromatic carbocycles. The van der Waals surface area contributed by atoms with Crippen LogP contribution in [0.5, 0.6) is 0 Å². The first kappa shape index (κ1) is 11.7.